The van der Waals surface area contributed by atoms with Gasteiger partial charge in [0.05, 0.1) is 3.57 Å². The first-order valence-electron chi connectivity index (χ1n) is 3.73. The van der Waals surface area contributed by atoms with Gasteiger partial charge in [-0.15, -0.1) is 0 Å². The van der Waals surface area contributed by atoms with Crippen molar-refractivity contribution in [3.63, 3.8) is 0 Å². The van der Waals surface area contributed by atoms with Crippen LogP contribution in [0, 0.1) is 3.57 Å². The minimum atomic E-state index is 0.316. The van der Waals surface area contributed by atoms with Crippen LogP contribution in [0.1, 0.15) is 0 Å². The molecule has 0 saturated carbocycles. The SMILES string of the molecule is NC1CN(c2ncncc2I)C1. The summed E-state index contributed by atoms with van der Waals surface area (Å²) in [5.41, 5.74) is 5.67. The summed E-state index contributed by atoms with van der Waals surface area (Å²) in [6.07, 6.45) is 3.38. The summed E-state index contributed by atoms with van der Waals surface area (Å²) in [6, 6.07) is 0.316. The molecule has 0 aliphatic carbocycles. The summed E-state index contributed by atoms with van der Waals surface area (Å²) < 4.78 is 1.09. The Kier molecular flexibility index (Phi) is 2.14. The Hall–Kier alpha value is -0.430. The van der Waals surface area contributed by atoms with Gasteiger partial charge in [-0.3, -0.25) is 0 Å². The second-order valence-electron chi connectivity index (χ2n) is 2.86. The minimum absolute atomic E-state index is 0.316. The van der Waals surface area contributed by atoms with Crippen molar-refractivity contribution >= 4 is 28.4 Å². The molecule has 12 heavy (non-hydrogen) atoms. The van der Waals surface area contributed by atoms with E-state index >= 15 is 0 Å². The zero-order chi connectivity index (χ0) is 8.55. The van der Waals surface area contributed by atoms with Gasteiger partial charge in [0.1, 0.15) is 12.1 Å². The molecule has 1 aromatic rings. The maximum absolute atomic E-state index is 5.67. The predicted octanol–water partition coefficient (Wildman–Crippen LogP) is 0.228. The van der Waals surface area contributed by atoms with Crippen molar-refractivity contribution < 1.29 is 0 Å². The lowest BCUT2D eigenvalue weighted by Crippen LogP contribution is -2.56. The second-order valence-corrected chi connectivity index (χ2v) is 4.02. The summed E-state index contributed by atoms with van der Waals surface area (Å²) in [4.78, 5) is 10.3. The maximum atomic E-state index is 5.67. The standard InChI is InChI=1S/C7H9IN4/c8-6-1-10-4-11-7(6)12-2-5(9)3-12/h1,4-5H,2-3,9H2. The van der Waals surface area contributed by atoms with Gasteiger partial charge < -0.3 is 10.6 Å². The van der Waals surface area contributed by atoms with Gasteiger partial charge in [0.15, 0.2) is 0 Å². The average molecular weight is 276 g/mol. The van der Waals surface area contributed by atoms with Crippen molar-refractivity contribution in [2.75, 3.05) is 18.0 Å². The highest BCUT2D eigenvalue weighted by Crippen LogP contribution is 2.21. The third-order valence-electron chi connectivity index (χ3n) is 1.86. The molecule has 0 radical (unpaired) electrons. The molecular formula is C7H9IN4. The summed E-state index contributed by atoms with van der Waals surface area (Å²) in [7, 11) is 0. The van der Waals surface area contributed by atoms with Crippen molar-refractivity contribution in [2.24, 2.45) is 5.73 Å². The molecule has 2 N–H and O–H groups in total. The van der Waals surface area contributed by atoms with E-state index in [1.807, 2.05) is 6.20 Å². The lowest BCUT2D eigenvalue weighted by Gasteiger charge is -2.38. The largest absolute Gasteiger partial charge is 0.352 e. The van der Waals surface area contributed by atoms with Gasteiger partial charge in [-0.2, -0.15) is 0 Å². The molecule has 0 atom stereocenters. The molecule has 1 saturated heterocycles. The van der Waals surface area contributed by atoms with Crippen molar-refractivity contribution in [3.05, 3.63) is 16.1 Å². The van der Waals surface area contributed by atoms with E-state index in [1.54, 1.807) is 6.33 Å². The molecule has 0 spiro atoms. The number of hydrogen-bond donors (Lipinski definition) is 1. The zero-order valence-corrected chi connectivity index (χ0v) is 8.60. The highest BCUT2D eigenvalue weighted by atomic mass is 127. The predicted molar refractivity (Wildman–Crippen MR) is 54.9 cm³/mol. The first-order chi connectivity index (χ1) is 5.77. The number of nitrogens with zero attached hydrogens (tertiary/aromatic N) is 3. The quantitative estimate of drug-likeness (QED) is 0.746. The van der Waals surface area contributed by atoms with E-state index < -0.39 is 0 Å². The van der Waals surface area contributed by atoms with Crippen LogP contribution in [0.2, 0.25) is 0 Å². The molecule has 64 valence electrons. The molecule has 0 amide bonds. The number of anilines is 1. The van der Waals surface area contributed by atoms with Gasteiger partial charge in [0.2, 0.25) is 0 Å². The molecule has 1 aromatic heterocycles. The molecule has 5 heteroatoms. The lowest BCUT2D eigenvalue weighted by atomic mass is 10.1. The number of nitrogens with two attached hydrogens (primary N) is 1. The van der Waals surface area contributed by atoms with E-state index in [1.165, 1.54) is 0 Å². The molecule has 1 aliphatic rings. The zero-order valence-electron chi connectivity index (χ0n) is 6.44. The molecular weight excluding hydrogens is 267 g/mol. The van der Waals surface area contributed by atoms with Crippen LogP contribution in [0.15, 0.2) is 12.5 Å². The minimum Gasteiger partial charge on any atom is -0.352 e. The normalized spacial score (nSPS) is 17.7. The van der Waals surface area contributed by atoms with Crippen LogP contribution in [-0.4, -0.2) is 29.1 Å². The van der Waals surface area contributed by atoms with E-state index in [-0.39, 0.29) is 0 Å². The van der Waals surface area contributed by atoms with Gasteiger partial charge in [-0.1, -0.05) is 0 Å². The highest BCUT2D eigenvalue weighted by molar-refractivity contribution is 14.1. The highest BCUT2D eigenvalue weighted by Gasteiger charge is 2.25. The molecule has 0 aromatic carbocycles. The summed E-state index contributed by atoms with van der Waals surface area (Å²) >= 11 is 2.23. The smallest absolute Gasteiger partial charge is 0.145 e. The number of aromatic nitrogens is 2. The third kappa shape index (κ3) is 1.38. The van der Waals surface area contributed by atoms with E-state index in [9.17, 15) is 0 Å². The Morgan fingerprint density at radius 3 is 2.92 bits per heavy atom. The van der Waals surface area contributed by atoms with Gasteiger partial charge in [0, 0.05) is 25.3 Å². The summed E-state index contributed by atoms with van der Waals surface area (Å²) in [5, 5.41) is 0. The summed E-state index contributed by atoms with van der Waals surface area (Å²) in [6.45, 7) is 1.82. The van der Waals surface area contributed by atoms with Gasteiger partial charge in [-0.25, -0.2) is 9.97 Å². The van der Waals surface area contributed by atoms with Gasteiger partial charge >= 0.3 is 0 Å². The van der Waals surface area contributed by atoms with E-state index in [2.05, 4.69) is 37.5 Å². The van der Waals surface area contributed by atoms with Crippen molar-refractivity contribution in [1.82, 2.24) is 9.97 Å². The maximum Gasteiger partial charge on any atom is 0.145 e. The molecule has 4 nitrogen and oxygen atoms in total. The number of rotatable bonds is 1. The van der Waals surface area contributed by atoms with E-state index in [0.29, 0.717) is 6.04 Å². The Bertz CT molecular complexity index is 284. The van der Waals surface area contributed by atoms with E-state index in [0.717, 1.165) is 22.5 Å². The average Bonchev–Trinajstić information content (AvgIpc) is 2.01. The van der Waals surface area contributed by atoms with Crippen LogP contribution >= 0.6 is 22.6 Å². The Labute approximate surface area is 84.3 Å². The van der Waals surface area contributed by atoms with Crippen LogP contribution in [-0.2, 0) is 0 Å². The fourth-order valence-corrected chi connectivity index (χ4v) is 1.87. The van der Waals surface area contributed by atoms with Crippen LogP contribution in [0.4, 0.5) is 5.82 Å². The lowest BCUT2D eigenvalue weighted by molar-refractivity contribution is 0.513. The first-order valence-corrected chi connectivity index (χ1v) is 4.81. The molecule has 1 fully saturated rings. The number of hydrogen-bond acceptors (Lipinski definition) is 4. The molecule has 2 rings (SSSR count). The molecule has 0 bridgehead atoms. The Morgan fingerprint density at radius 2 is 2.33 bits per heavy atom. The van der Waals surface area contributed by atoms with Crippen LogP contribution in [0.5, 0.6) is 0 Å². The number of halogens is 1. The van der Waals surface area contributed by atoms with E-state index in [4.69, 9.17) is 5.73 Å². The fraction of sp³-hybridized carbons (Fsp3) is 0.429. The monoisotopic (exact) mass is 276 g/mol. The summed E-state index contributed by atoms with van der Waals surface area (Å²) in [5.74, 6) is 1.01. The van der Waals surface area contributed by atoms with Crippen LogP contribution in [0.3, 0.4) is 0 Å². The molecule has 2 heterocycles. The Morgan fingerprint density at radius 1 is 1.58 bits per heavy atom. The van der Waals surface area contributed by atoms with Crippen LogP contribution < -0.4 is 10.6 Å². The topological polar surface area (TPSA) is 55.0 Å². The van der Waals surface area contributed by atoms with Crippen molar-refractivity contribution in [1.29, 1.82) is 0 Å². The Balaban J connectivity index is 2.18. The third-order valence-corrected chi connectivity index (χ3v) is 2.62. The second kappa shape index (κ2) is 3.14. The van der Waals surface area contributed by atoms with Gasteiger partial charge in [0.25, 0.3) is 0 Å². The molecule has 0 unspecified atom stereocenters. The first kappa shape index (κ1) is 8.18. The van der Waals surface area contributed by atoms with Crippen LogP contribution in [0.25, 0.3) is 0 Å². The molecule has 1 aliphatic heterocycles. The van der Waals surface area contributed by atoms with Gasteiger partial charge in [-0.05, 0) is 22.6 Å². The van der Waals surface area contributed by atoms with Crippen molar-refractivity contribution in [2.45, 2.75) is 6.04 Å². The van der Waals surface area contributed by atoms with Crippen molar-refractivity contribution in [3.8, 4) is 0 Å². The fourth-order valence-electron chi connectivity index (χ4n) is 1.22.